The summed E-state index contributed by atoms with van der Waals surface area (Å²) in [6.07, 6.45) is 4.66. The monoisotopic (exact) mass is 451 g/mol. The number of rotatable bonds is 9. The number of thioether (sulfide) groups is 2. The molecule has 1 aliphatic carbocycles. The van der Waals surface area contributed by atoms with Gasteiger partial charge in [-0.05, 0) is 56.4 Å². The summed E-state index contributed by atoms with van der Waals surface area (Å²) in [6.45, 7) is 3.69. The van der Waals surface area contributed by atoms with E-state index in [9.17, 15) is 9.18 Å². The van der Waals surface area contributed by atoms with Crippen LogP contribution in [-0.4, -0.2) is 30.9 Å². The Morgan fingerprint density at radius 1 is 1.38 bits per heavy atom. The number of hydrogen-bond acceptors (Lipinski definition) is 6. The van der Waals surface area contributed by atoms with Gasteiger partial charge in [0.2, 0.25) is 0 Å². The predicted octanol–water partition coefficient (Wildman–Crippen LogP) is 5.80. The van der Waals surface area contributed by atoms with Crippen molar-refractivity contribution in [3.8, 4) is 0 Å². The molecule has 0 aliphatic heterocycles. The largest absolute Gasteiger partial charge is 0.311 e. The van der Waals surface area contributed by atoms with Gasteiger partial charge >= 0.3 is 0 Å². The minimum Gasteiger partial charge on any atom is -0.311 e. The highest BCUT2D eigenvalue weighted by Gasteiger charge is 2.28. The third-order valence-electron chi connectivity index (χ3n) is 3.87. The molecule has 1 aromatic carbocycles. The van der Waals surface area contributed by atoms with Crippen molar-refractivity contribution in [2.24, 2.45) is 10.9 Å². The summed E-state index contributed by atoms with van der Waals surface area (Å²) in [5, 5.41) is 3.54. The molecule has 0 bridgehead atoms. The summed E-state index contributed by atoms with van der Waals surface area (Å²) >= 11 is 9.10. The summed E-state index contributed by atoms with van der Waals surface area (Å²) in [6, 6.07) is 10.0. The van der Waals surface area contributed by atoms with Crippen LogP contribution < -0.4 is 5.32 Å². The first-order chi connectivity index (χ1) is 14.1. The van der Waals surface area contributed by atoms with E-state index in [4.69, 9.17) is 11.6 Å². The molecule has 0 radical (unpaired) electrons. The van der Waals surface area contributed by atoms with Gasteiger partial charge in [-0.1, -0.05) is 23.7 Å². The first-order valence-corrected chi connectivity index (χ1v) is 11.3. The summed E-state index contributed by atoms with van der Waals surface area (Å²) in [5.41, 5.74) is 2.20. The standard InChI is InChI=1S/C15H18ClFN2S2.C6H5NO/c1-18-9-21-15(14(19-2)10-3-4-10)20-8-11-5-6-12(16)7-13(11)17;8-5-6-3-1-2-4-7-6/h5-7,10,18H,2-4,8-9H2,1H3;1-5H/b15-14-;. The van der Waals surface area contributed by atoms with Crippen LogP contribution in [0.15, 0.2) is 57.5 Å². The molecule has 0 unspecified atom stereocenters. The zero-order valence-corrected chi connectivity index (χ0v) is 18.5. The summed E-state index contributed by atoms with van der Waals surface area (Å²) < 4.78 is 15.0. The van der Waals surface area contributed by atoms with Gasteiger partial charge in [0.25, 0.3) is 0 Å². The quantitative estimate of drug-likeness (QED) is 0.297. The van der Waals surface area contributed by atoms with Crippen molar-refractivity contribution in [3.63, 3.8) is 0 Å². The lowest BCUT2D eigenvalue weighted by atomic mass is 10.2. The first kappa shape index (κ1) is 23.6. The second-order valence-corrected chi connectivity index (χ2v) is 8.81. The fourth-order valence-corrected chi connectivity index (χ4v) is 4.67. The van der Waals surface area contributed by atoms with E-state index in [1.165, 1.54) is 18.9 Å². The van der Waals surface area contributed by atoms with Gasteiger partial charge in [-0.2, -0.15) is 0 Å². The molecule has 0 saturated heterocycles. The molecule has 154 valence electrons. The number of benzene rings is 1. The van der Waals surface area contributed by atoms with Crippen LogP contribution in [0.5, 0.6) is 0 Å². The van der Waals surface area contributed by atoms with Crippen LogP contribution in [0.1, 0.15) is 28.9 Å². The van der Waals surface area contributed by atoms with Gasteiger partial charge in [-0.25, -0.2) is 4.39 Å². The Balaban J connectivity index is 0.000000313. The van der Waals surface area contributed by atoms with Crippen molar-refractivity contribution in [1.82, 2.24) is 10.3 Å². The van der Waals surface area contributed by atoms with E-state index in [0.717, 1.165) is 22.1 Å². The molecule has 8 heteroatoms. The summed E-state index contributed by atoms with van der Waals surface area (Å²) in [4.78, 5) is 17.9. The Bertz CT molecular complexity index is 845. The highest BCUT2D eigenvalue weighted by molar-refractivity contribution is 8.21. The van der Waals surface area contributed by atoms with Crippen LogP contribution in [0.2, 0.25) is 5.02 Å². The van der Waals surface area contributed by atoms with Crippen LogP contribution in [0.25, 0.3) is 0 Å². The molecule has 0 amide bonds. The number of aldehydes is 1. The molecule has 2 aromatic rings. The molecular weight excluding hydrogens is 429 g/mol. The topological polar surface area (TPSA) is 54.4 Å². The van der Waals surface area contributed by atoms with Gasteiger partial charge in [-0.3, -0.25) is 14.8 Å². The van der Waals surface area contributed by atoms with Crippen LogP contribution in [0, 0.1) is 11.7 Å². The van der Waals surface area contributed by atoms with E-state index >= 15 is 0 Å². The predicted molar refractivity (Wildman–Crippen MR) is 123 cm³/mol. The Morgan fingerprint density at radius 3 is 2.69 bits per heavy atom. The zero-order valence-electron chi connectivity index (χ0n) is 16.1. The molecule has 29 heavy (non-hydrogen) atoms. The number of hydrogen-bond donors (Lipinski definition) is 1. The number of nitrogens with zero attached hydrogens (tertiary/aromatic N) is 2. The van der Waals surface area contributed by atoms with Gasteiger partial charge in [-0.15, -0.1) is 23.5 Å². The number of carbonyl (C=O) groups is 1. The van der Waals surface area contributed by atoms with Crippen LogP contribution in [-0.2, 0) is 5.75 Å². The van der Waals surface area contributed by atoms with E-state index in [0.29, 0.717) is 28.0 Å². The smallest absolute Gasteiger partial charge is 0.168 e. The molecule has 1 heterocycles. The van der Waals surface area contributed by atoms with Crippen molar-refractivity contribution >= 4 is 48.1 Å². The van der Waals surface area contributed by atoms with E-state index < -0.39 is 0 Å². The van der Waals surface area contributed by atoms with Crippen molar-refractivity contribution in [2.45, 2.75) is 18.6 Å². The lowest BCUT2D eigenvalue weighted by Gasteiger charge is -2.11. The Morgan fingerprint density at radius 2 is 2.17 bits per heavy atom. The molecule has 1 saturated carbocycles. The minimum absolute atomic E-state index is 0.257. The average molecular weight is 452 g/mol. The normalized spacial score (nSPS) is 13.8. The summed E-state index contributed by atoms with van der Waals surface area (Å²) in [5.74, 6) is 1.65. The van der Waals surface area contributed by atoms with E-state index in [1.807, 2.05) is 7.05 Å². The van der Waals surface area contributed by atoms with Gasteiger partial charge in [0.1, 0.15) is 11.5 Å². The van der Waals surface area contributed by atoms with Crippen LogP contribution in [0.3, 0.4) is 0 Å². The van der Waals surface area contributed by atoms with E-state index in [1.54, 1.807) is 60.1 Å². The van der Waals surface area contributed by atoms with Gasteiger partial charge in [0, 0.05) is 28.8 Å². The third-order valence-corrected chi connectivity index (χ3v) is 6.65. The maximum atomic E-state index is 13.8. The maximum absolute atomic E-state index is 13.8. The fourth-order valence-electron chi connectivity index (χ4n) is 2.27. The first-order valence-electron chi connectivity index (χ1n) is 9.00. The number of halogens is 2. The number of aromatic nitrogens is 1. The molecule has 4 nitrogen and oxygen atoms in total. The maximum Gasteiger partial charge on any atom is 0.168 e. The average Bonchev–Trinajstić information content (AvgIpc) is 3.57. The third kappa shape index (κ3) is 8.30. The molecule has 1 aliphatic rings. The summed E-state index contributed by atoms with van der Waals surface area (Å²) in [7, 11) is 1.91. The number of carbonyl (C=O) groups excluding carboxylic acids is 1. The lowest BCUT2D eigenvalue weighted by molar-refractivity contribution is 0.111. The Hall–Kier alpha value is -1.67. The van der Waals surface area contributed by atoms with Crippen LogP contribution >= 0.6 is 35.1 Å². The van der Waals surface area contributed by atoms with E-state index in [2.05, 4.69) is 22.0 Å². The molecule has 0 spiro atoms. The highest BCUT2D eigenvalue weighted by Crippen LogP contribution is 2.45. The van der Waals surface area contributed by atoms with Crippen molar-refractivity contribution in [3.05, 3.63) is 74.6 Å². The van der Waals surface area contributed by atoms with Crippen molar-refractivity contribution < 1.29 is 9.18 Å². The second kappa shape index (κ2) is 12.8. The number of aliphatic imine (C=N–C) groups is 1. The fraction of sp³-hybridized carbons (Fsp3) is 0.286. The second-order valence-electron chi connectivity index (χ2n) is 6.14. The van der Waals surface area contributed by atoms with Crippen LogP contribution in [0.4, 0.5) is 4.39 Å². The number of nitrogens with one attached hydrogen (secondary N) is 1. The van der Waals surface area contributed by atoms with Crippen molar-refractivity contribution in [1.29, 1.82) is 0 Å². The molecule has 1 fully saturated rings. The van der Waals surface area contributed by atoms with Gasteiger partial charge in [0.05, 0.1) is 9.93 Å². The van der Waals surface area contributed by atoms with Gasteiger partial charge in [0.15, 0.2) is 6.29 Å². The number of allylic oxidation sites excluding steroid dienone is 1. The molecule has 0 atom stereocenters. The minimum atomic E-state index is -0.257. The lowest BCUT2D eigenvalue weighted by Crippen LogP contribution is -2.04. The number of pyridine rings is 1. The molecular formula is C21H23ClFN3OS2. The van der Waals surface area contributed by atoms with Crippen molar-refractivity contribution in [2.75, 3.05) is 12.9 Å². The Kier molecular flexibility index (Phi) is 10.4. The van der Waals surface area contributed by atoms with Gasteiger partial charge < -0.3 is 5.32 Å². The highest BCUT2D eigenvalue weighted by atomic mass is 35.5. The zero-order chi connectivity index (χ0) is 21.1. The molecule has 3 rings (SSSR count). The molecule has 1 N–H and O–H groups in total. The van der Waals surface area contributed by atoms with E-state index in [-0.39, 0.29) is 5.82 Å². The Labute approximate surface area is 184 Å². The molecule has 1 aromatic heterocycles. The SMILES string of the molecule is C=N/C(=C(\SCNC)SCc1ccc(Cl)cc1F)C1CC1.O=Cc1ccccn1.